The summed E-state index contributed by atoms with van der Waals surface area (Å²) in [5, 5.41) is 3.90. The van der Waals surface area contributed by atoms with Crippen LogP contribution >= 0.6 is 11.6 Å². The molecule has 0 aliphatic heterocycles. The Balaban J connectivity index is 1.94. The standard InChI is InChI=1S/C19H16ClNO4/c1-11-3-6-16(20)18(7-11)24-10-13-8-19(23)25-17-9-14(21-12(2)22)4-5-15(13)17/h3-9H,10H2,1-2H3,(H,21,22). The summed E-state index contributed by atoms with van der Waals surface area (Å²) in [6, 6.07) is 12.0. The minimum Gasteiger partial charge on any atom is -0.487 e. The number of fused-ring (bicyclic) bond motifs is 1. The molecule has 1 aromatic heterocycles. The lowest BCUT2D eigenvalue weighted by Crippen LogP contribution is -2.07. The van der Waals surface area contributed by atoms with E-state index in [0.717, 1.165) is 10.9 Å². The van der Waals surface area contributed by atoms with E-state index in [2.05, 4.69) is 5.32 Å². The number of hydrogen-bond donors (Lipinski definition) is 1. The van der Waals surface area contributed by atoms with Gasteiger partial charge in [0.05, 0.1) is 5.02 Å². The van der Waals surface area contributed by atoms with Gasteiger partial charge in [0.2, 0.25) is 5.91 Å². The van der Waals surface area contributed by atoms with Crippen molar-refractivity contribution in [2.75, 3.05) is 5.32 Å². The van der Waals surface area contributed by atoms with Gasteiger partial charge in [-0.25, -0.2) is 4.79 Å². The molecule has 128 valence electrons. The van der Waals surface area contributed by atoms with E-state index in [-0.39, 0.29) is 12.5 Å². The first-order valence-corrected chi connectivity index (χ1v) is 8.03. The van der Waals surface area contributed by atoms with E-state index in [9.17, 15) is 9.59 Å². The number of ether oxygens (including phenoxy) is 1. The van der Waals surface area contributed by atoms with Crippen molar-refractivity contribution in [1.29, 1.82) is 0 Å². The zero-order chi connectivity index (χ0) is 18.0. The number of aryl methyl sites for hydroxylation is 1. The van der Waals surface area contributed by atoms with E-state index >= 15 is 0 Å². The number of carbonyl (C=O) groups excluding carboxylic acids is 1. The first kappa shape index (κ1) is 17.0. The fourth-order valence-corrected chi connectivity index (χ4v) is 2.68. The van der Waals surface area contributed by atoms with Crippen molar-refractivity contribution in [3.63, 3.8) is 0 Å². The third-order valence-electron chi connectivity index (χ3n) is 3.62. The maximum Gasteiger partial charge on any atom is 0.336 e. The van der Waals surface area contributed by atoms with E-state index in [4.69, 9.17) is 20.8 Å². The maximum absolute atomic E-state index is 11.8. The van der Waals surface area contributed by atoms with E-state index in [0.29, 0.717) is 27.6 Å². The Morgan fingerprint density at radius 2 is 2.00 bits per heavy atom. The van der Waals surface area contributed by atoms with Crippen LogP contribution in [0.3, 0.4) is 0 Å². The minimum atomic E-state index is -0.485. The summed E-state index contributed by atoms with van der Waals surface area (Å²) in [5.41, 5.74) is 2.16. The Labute approximate surface area is 149 Å². The van der Waals surface area contributed by atoms with Crippen LogP contribution in [0.4, 0.5) is 5.69 Å². The van der Waals surface area contributed by atoms with Gasteiger partial charge in [-0.1, -0.05) is 17.7 Å². The van der Waals surface area contributed by atoms with Gasteiger partial charge in [0.1, 0.15) is 17.9 Å². The Morgan fingerprint density at radius 3 is 2.76 bits per heavy atom. The lowest BCUT2D eigenvalue weighted by atomic mass is 10.1. The number of carbonyl (C=O) groups is 1. The molecule has 0 atom stereocenters. The number of anilines is 1. The molecule has 0 fully saturated rings. The zero-order valence-corrected chi connectivity index (χ0v) is 14.5. The molecule has 1 N–H and O–H groups in total. The smallest absolute Gasteiger partial charge is 0.336 e. The molecule has 0 aliphatic rings. The molecule has 3 aromatic rings. The molecule has 3 rings (SSSR count). The molecular weight excluding hydrogens is 342 g/mol. The van der Waals surface area contributed by atoms with Gasteiger partial charge in [-0.15, -0.1) is 0 Å². The molecule has 0 bridgehead atoms. The van der Waals surface area contributed by atoms with E-state index < -0.39 is 5.63 Å². The van der Waals surface area contributed by atoms with E-state index in [1.54, 1.807) is 24.3 Å². The second-order valence-corrected chi connectivity index (χ2v) is 6.11. The zero-order valence-electron chi connectivity index (χ0n) is 13.8. The van der Waals surface area contributed by atoms with Crippen molar-refractivity contribution in [2.24, 2.45) is 0 Å². The number of benzene rings is 2. The first-order chi connectivity index (χ1) is 11.9. The van der Waals surface area contributed by atoms with Crippen LogP contribution < -0.4 is 15.7 Å². The molecule has 5 nitrogen and oxygen atoms in total. The first-order valence-electron chi connectivity index (χ1n) is 7.66. The Hall–Kier alpha value is -2.79. The average molecular weight is 358 g/mol. The highest BCUT2D eigenvalue weighted by Crippen LogP contribution is 2.27. The molecule has 0 unspecified atom stereocenters. The van der Waals surface area contributed by atoms with Crippen LogP contribution in [-0.2, 0) is 11.4 Å². The van der Waals surface area contributed by atoms with Crippen molar-refractivity contribution in [3.05, 3.63) is 69.0 Å². The number of hydrogen-bond acceptors (Lipinski definition) is 4. The van der Waals surface area contributed by atoms with Gasteiger partial charge < -0.3 is 14.5 Å². The van der Waals surface area contributed by atoms with Crippen LogP contribution in [0.25, 0.3) is 11.0 Å². The summed E-state index contributed by atoms with van der Waals surface area (Å²) in [4.78, 5) is 23.0. The fourth-order valence-electron chi connectivity index (χ4n) is 2.51. The van der Waals surface area contributed by atoms with Crippen LogP contribution in [0.2, 0.25) is 5.02 Å². The molecule has 0 radical (unpaired) electrons. The number of rotatable bonds is 4. The summed E-state index contributed by atoms with van der Waals surface area (Å²) in [6.45, 7) is 3.53. The molecule has 25 heavy (non-hydrogen) atoms. The summed E-state index contributed by atoms with van der Waals surface area (Å²) < 4.78 is 11.0. The highest BCUT2D eigenvalue weighted by atomic mass is 35.5. The second kappa shape index (κ2) is 6.99. The minimum absolute atomic E-state index is 0.171. The van der Waals surface area contributed by atoms with Crippen molar-refractivity contribution >= 4 is 34.2 Å². The summed E-state index contributed by atoms with van der Waals surface area (Å²) >= 11 is 6.14. The molecule has 1 amide bonds. The number of halogens is 1. The monoisotopic (exact) mass is 357 g/mol. The fraction of sp³-hybridized carbons (Fsp3) is 0.158. The largest absolute Gasteiger partial charge is 0.487 e. The average Bonchev–Trinajstić information content (AvgIpc) is 2.54. The predicted octanol–water partition coefficient (Wildman–Crippen LogP) is 4.29. The molecule has 0 saturated carbocycles. The SMILES string of the molecule is CC(=O)Nc1ccc2c(COc3cc(C)ccc3Cl)cc(=O)oc2c1. The summed E-state index contributed by atoms with van der Waals surface area (Å²) in [7, 11) is 0. The van der Waals surface area contributed by atoms with E-state index in [1.807, 2.05) is 19.1 Å². The third-order valence-corrected chi connectivity index (χ3v) is 3.93. The third kappa shape index (κ3) is 4.00. The van der Waals surface area contributed by atoms with Crippen molar-refractivity contribution < 1.29 is 13.9 Å². The topological polar surface area (TPSA) is 68.5 Å². The highest BCUT2D eigenvalue weighted by molar-refractivity contribution is 6.32. The maximum atomic E-state index is 11.8. The molecule has 2 aromatic carbocycles. The van der Waals surface area contributed by atoms with Crippen LogP contribution in [0.15, 0.2) is 51.7 Å². The van der Waals surface area contributed by atoms with Crippen LogP contribution in [0.1, 0.15) is 18.1 Å². The van der Waals surface area contributed by atoms with Gasteiger partial charge in [-0.05, 0) is 36.8 Å². The summed E-state index contributed by atoms with van der Waals surface area (Å²) in [5.74, 6) is 0.355. The number of amides is 1. The van der Waals surface area contributed by atoms with E-state index in [1.165, 1.54) is 13.0 Å². The van der Waals surface area contributed by atoms with Gasteiger partial charge in [0.25, 0.3) is 0 Å². The highest BCUT2D eigenvalue weighted by Gasteiger charge is 2.09. The normalized spacial score (nSPS) is 10.7. The molecular formula is C19H16ClNO4. The quantitative estimate of drug-likeness (QED) is 0.707. The molecule has 1 heterocycles. The van der Waals surface area contributed by atoms with Crippen LogP contribution in [0.5, 0.6) is 5.75 Å². The lowest BCUT2D eigenvalue weighted by Gasteiger charge is -2.11. The van der Waals surface area contributed by atoms with Crippen LogP contribution in [0, 0.1) is 6.92 Å². The Kier molecular flexibility index (Phi) is 4.76. The van der Waals surface area contributed by atoms with Gasteiger partial charge in [0.15, 0.2) is 0 Å². The molecule has 0 saturated heterocycles. The molecule has 6 heteroatoms. The number of nitrogens with one attached hydrogen (secondary N) is 1. The van der Waals surface area contributed by atoms with Crippen molar-refractivity contribution in [1.82, 2.24) is 0 Å². The molecule has 0 spiro atoms. The Morgan fingerprint density at radius 1 is 1.20 bits per heavy atom. The summed E-state index contributed by atoms with van der Waals surface area (Å²) in [6.07, 6.45) is 0. The van der Waals surface area contributed by atoms with Crippen LogP contribution in [-0.4, -0.2) is 5.91 Å². The van der Waals surface area contributed by atoms with Crippen molar-refractivity contribution in [2.45, 2.75) is 20.5 Å². The van der Waals surface area contributed by atoms with Gasteiger partial charge in [-0.2, -0.15) is 0 Å². The second-order valence-electron chi connectivity index (χ2n) is 5.71. The lowest BCUT2D eigenvalue weighted by molar-refractivity contribution is -0.114. The van der Waals surface area contributed by atoms with Gasteiger partial charge in [0, 0.05) is 35.7 Å². The van der Waals surface area contributed by atoms with Crippen molar-refractivity contribution in [3.8, 4) is 5.75 Å². The van der Waals surface area contributed by atoms with Gasteiger partial charge >= 0.3 is 5.63 Å². The molecule has 0 aliphatic carbocycles. The Bertz CT molecular complexity index is 1010. The predicted molar refractivity (Wildman–Crippen MR) is 97.3 cm³/mol. The van der Waals surface area contributed by atoms with Gasteiger partial charge in [-0.3, -0.25) is 4.79 Å².